The number of carbonyl (C=O) groups excluding carboxylic acids is 1. The highest BCUT2D eigenvalue weighted by atomic mass is 16.5. The third-order valence-electron chi connectivity index (χ3n) is 7.05. The molecule has 1 aromatic heterocycles. The van der Waals surface area contributed by atoms with Crippen molar-refractivity contribution < 1.29 is 9.53 Å². The zero-order valence-corrected chi connectivity index (χ0v) is 20.1. The minimum absolute atomic E-state index is 0.0178. The van der Waals surface area contributed by atoms with Crippen LogP contribution in [0.3, 0.4) is 0 Å². The quantitative estimate of drug-likeness (QED) is 0.338. The largest absolute Gasteiger partial charge is 0.495 e. The molecule has 0 radical (unpaired) electrons. The summed E-state index contributed by atoms with van der Waals surface area (Å²) < 4.78 is 7.81. The fourth-order valence-electron chi connectivity index (χ4n) is 4.91. The highest BCUT2D eigenvalue weighted by molar-refractivity contribution is 5.97. The Labute approximate surface area is 201 Å². The van der Waals surface area contributed by atoms with Crippen molar-refractivity contribution in [3.8, 4) is 5.75 Å². The van der Waals surface area contributed by atoms with Gasteiger partial charge in [-0.1, -0.05) is 62.4 Å². The number of para-hydroxylation sites is 4. The Morgan fingerprint density at radius 2 is 1.76 bits per heavy atom. The van der Waals surface area contributed by atoms with Crippen LogP contribution in [0.4, 0.5) is 5.69 Å². The van der Waals surface area contributed by atoms with Crippen LogP contribution in [0.1, 0.15) is 55.5 Å². The minimum atomic E-state index is 0.0178. The third-order valence-corrected chi connectivity index (χ3v) is 7.05. The molecule has 2 heterocycles. The van der Waals surface area contributed by atoms with Crippen LogP contribution in [0.25, 0.3) is 11.0 Å². The molecule has 2 atom stereocenters. The van der Waals surface area contributed by atoms with Crippen LogP contribution in [0.5, 0.6) is 5.75 Å². The molecule has 0 N–H and O–H groups in total. The third kappa shape index (κ3) is 4.07. The highest BCUT2D eigenvalue weighted by Crippen LogP contribution is 2.37. The number of hydrogen-bond acceptors (Lipinski definition) is 3. The first-order chi connectivity index (χ1) is 16.6. The van der Waals surface area contributed by atoms with Gasteiger partial charge in [0.1, 0.15) is 11.6 Å². The lowest BCUT2D eigenvalue weighted by molar-refractivity contribution is -0.117. The van der Waals surface area contributed by atoms with E-state index in [-0.39, 0.29) is 11.8 Å². The van der Waals surface area contributed by atoms with Crippen LogP contribution in [0.15, 0.2) is 72.8 Å². The molecule has 5 rings (SSSR count). The maximum Gasteiger partial charge on any atom is 0.227 e. The van der Waals surface area contributed by atoms with Gasteiger partial charge in [-0.2, -0.15) is 0 Å². The molecule has 2 unspecified atom stereocenters. The summed E-state index contributed by atoms with van der Waals surface area (Å²) in [6.07, 6.45) is 1.57. The van der Waals surface area contributed by atoms with Crippen molar-refractivity contribution in [2.24, 2.45) is 0 Å². The molecule has 0 bridgehead atoms. The lowest BCUT2D eigenvalue weighted by Crippen LogP contribution is -2.25. The summed E-state index contributed by atoms with van der Waals surface area (Å²) in [4.78, 5) is 19.9. The second kappa shape index (κ2) is 9.34. The number of anilines is 1. The highest BCUT2D eigenvalue weighted by Gasteiger charge is 2.36. The standard InChI is InChI=1S/C29H31N3O2/c1-4-20(2)22-15-13-21(14-16-22)18-32-25-10-6-5-9-24(25)30-29(32)23-17-28(33)31(19-23)26-11-7-8-12-27(26)34-3/h5-16,20,23H,4,17-19H2,1-3H3. The number of hydrogen-bond donors (Lipinski definition) is 0. The molecule has 1 aliphatic rings. The van der Waals surface area contributed by atoms with Gasteiger partial charge in [0.15, 0.2) is 0 Å². The SMILES string of the molecule is CCC(C)c1ccc(Cn2c(C3CC(=O)N(c4ccccc4OC)C3)nc3ccccc32)cc1. The lowest BCUT2D eigenvalue weighted by Gasteiger charge is -2.20. The van der Waals surface area contributed by atoms with E-state index < -0.39 is 0 Å². The molecule has 4 aromatic rings. The number of carbonyl (C=O) groups is 1. The van der Waals surface area contributed by atoms with E-state index in [1.54, 1.807) is 7.11 Å². The molecule has 1 fully saturated rings. The van der Waals surface area contributed by atoms with Crippen LogP contribution in [0, 0.1) is 0 Å². The number of methoxy groups -OCH3 is 1. The average molecular weight is 454 g/mol. The van der Waals surface area contributed by atoms with Gasteiger partial charge in [-0.15, -0.1) is 0 Å². The molecule has 34 heavy (non-hydrogen) atoms. The summed E-state index contributed by atoms with van der Waals surface area (Å²) in [5.74, 6) is 2.36. The Hall–Kier alpha value is -3.60. The van der Waals surface area contributed by atoms with E-state index in [1.807, 2.05) is 35.2 Å². The van der Waals surface area contributed by atoms with E-state index >= 15 is 0 Å². The Morgan fingerprint density at radius 3 is 2.53 bits per heavy atom. The van der Waals surface area contributed by atoms with E-state index in [4.69, 9.17) is 9.72 Å². The summed E-state index contributed by atoms with van der Waals surface area (Å²) in [6, 6.07) is 24.9. The van der Waals surface area contributed by atoms with Gasteiger partial charge in [0, 0.05) is 25.4 Å². The molecular formula is C29H31N3O2. The van der Waals surface area contributed by atoms with E-state index in [9.17, 15) is 4.79 Å². The normalized spacial score (nSPS) is 16.9. The first-order valence-electron chi connectivity index (χ1n) is 12.1. The van der Waals surface area contributed by atoms with Gasteiger partial charge in [-0.3, -0.25) is 4.79 Å². The number of ether oxygens (including phenoxy) is 1. The minimum Gasteiger partial charge on any atom is -0.495 e. The monoisotopic (exact) mass is 453 g/mol. The molecule has 0 saturated carbocycles. The predicted octanol–water partition coefficient (Wildman–Crippen LogP) is 6.13. The summed E-state index contributed by atoms with van der Waals surface area (Å²) in [5, 5.41) is 0. The number of nitrogens with zero attached hydrogens (tertiary/aromatic N) is 3. The number of imidazole rings is 1. The van der Waals surface area contributed by atoms with Gasteiger partial charge in [-0.05, 0) is 47.7 Å². The van der Waals surface area contributed by atoms with E-state index in [0.717, 1.165) is 35.5 Å². The number of benzene rings is 3. The van der Waals surface area contributed by atoms with Gasteiger partial charge >= 0.3 is 0 Å². The maximum absolute atomic E-state index is 13.1. The zero-order valence-electron chi connectivity index (χ0n) is 20.1. The van der Waals surface area contributed by atoms with Gasteiger partial charge in [-0.25, -0.2) is 4.98 Å². The Balaban J connectivity index is 1.48. The van der Waals surface area contributed by atoms with E-state index in [1.165, 1.54) is 11.1 Å². The molecule has 5 nitrogen and oxygen atoms in total. The molecule has 3 aromatic carbocycles. The van der Waals surface area contributed by atoms with Crippen molar-refractivity contribution in [1.82, 2.24) is 9.55 Å². The summed E-state index contributed by atoms with van der Waals surface area (Å²) in [6.45, 7) is 5.81. The molecule has 174 valence electrons. The fourth-order valence-corrected chi connectivity index (χ4v) is 4.91. The number of aromatic nitrogens is 2. The van der Waals surface area contributed by atoms with Gasteiger partial charge in [0.2, 0.25) is 5.91 Å². The van der Waals surface area contributed by atoms with Crippen molar-refractivity contribution in [3.05, 3.63) is 89.7 Å². The summed E-state index contributed by atoms with van der Waals surface area (Å²) in [7, 11) is 1.64. The average Bonchev–Trinajstić information content (AvgIpc) is 3.44. The van der Waals surface area contributed by atoms with E-state index in [2.05, 4.69) is 60.9 Å². The molecule has 1 saturated heterocycles. The van der Waals surface area contributed by atoms with Crippen molar-refractivity contribution in [1.29, 1.82) is 0 Å². The van der Waals surface area contributed by atoms with Crippen molar-refractivity contribution in [2.75, 3.05) is 18.6 Å². The second-order valence-electron chi connectivity index (χ2n) is 9.17. The van der Waals surface area contributed by atoms with Gasteiger partial charge < -0.3 is 14.2 Å². The Morgan fingerprint density at radius 1 is 1.03 bits per heavy atom. The first-order valence-corrected chi connectivity index (χ1v) is 12.1. The van der Waals surface area contributed by atoms with Crippen molar-refractivity contribution >= 4 is 22.6 Å². The van der Waals surface area contributed by atoms with Gasteiger partial charge in [0.05, 0.1) is 23.8 Å². The number of rotatable bonds is 7. The maximum atomic E-state index is 13.1. The topological polar surface area (TPSA) is 47.4 Å². The van der Waals surface area contributed by atoms with Crippen LogP contribution in [0.2, 0.25) is 0 Å². The van der Waals surface area contributed by atoms with Gasteiger partial charge in [0.25, 0.3) is 0 Å². The van der Waals surface area contributed by atoms with Crippen molar-refractivity contribution in [2.45, 2.75) is 45.1 Å². The van der Waals surface area contributed by atoms with Crippen LogP contribution in [-0.2, 0) is 11.3 Å². The molecule has 0 aliphatic carbocycles. The fraction of sp³-hybridized carbons (Fsp3) is 0.310. The predicted molar refractivity (Wildman–Crippen MR) is 137 cm³/mol. The number of fused-ring (bicyclic) bond motifs is 1. The summed E-state index contributed by atoms with van der Waals surface area (Å²) >= 11 is 0. The molecule has 0 spiro atoms. The molecule has 1 amide bonds. The smallest absolute Gasteiger partial charge is 0.227 e. The lowest BCUT2D eigenvalue weighted by atomic mass is 9.97. The zero-order chi connectivity index (χ0) is 23.7. The Kier molecular flexibility index (Phi) is 6.10. The molecular weight excluding hydrogens is 422 g/mol. The Bertz CT molecular complexity index is 1310. The second-order valence-corrected chi connectivity index (χ2v) is 9.17. The number of amides is 1. The van der Waals surface area contributed by atoms with E-state index in [0.29, 0.717) is 24.6 Å². The molecule has 1 aliphatic heterocycles. The first kappa shape index (κ1) is 22.2. The van der Waals surface area contributed by atoms with Crippen molar-refractivity contribution in [3.63, 3.8) is 0 Å². The van der Waals surface area contributed by atoms with Crippen LogP contribution < -0.4 is 9.64 Å². The van der Waals surface area contributed by atoms with Crippen LogP contribution in [-0.4, -0.2) is 29.1 Å². The van der Waals surface area contributed by atoms with Crippen LogP contribution >= 0.6 is 0 Å². The summed E-state index contributed by atoms with van der Waals surface area (Å²) in [5.41, 5.74) is 5.50. The molecule has 5 heteroatoms.